The number of anilines is 4. The van der Waals surface area contributed by atoms with Crippen molar-refractivity contribution in [3.05, 3.63) is 82.8 Å². The first-order valence-electron chi connectivity index (χ1n) is 12.4. The zero-order chi connectivity index (χ0) is 29.3. The van der Waals surface area contributed by atoms with Crippen LogP contribution in [0.1, 0.15) is 54.7 Å². The lowest BCUT2D eigenvalue weighted by molar-refractivity contribution is 0.102. The summed E-state index contributed by atoms with van der Waals surface area (Å²) >= 11 is 1.46. The molecule has 0 saturated heterocycles. The summed E-state index contributed by atoms with van der Waals surface area (Å²) in [5.41, 5.74) is 17.2. The predicted molar refractivity (Wildman–Crippen MR) is 166 cm³/mol. The third-order valence-electron chi connectivity index (χ3n) is 5.65. The number of ether oxygens (including phenoxy) is 1. The highest BCUT2D eigenvalue weighted by atomic mass is 32.2. The molecule has 39 heavy (non-hydrogen) atoms. The molecule has 0 aliphatic rings. The number of aryl methyl sites for hydroxylation is 2. The number of hydrazine groups is 1. The maximum Gasteiger partial charge on any atom is 0.255 e. The largest absolute Gasteiger partial charge is 0.492 e. The van der Waals surface area contributed by atoms with Crippen molar-refractivity contribution in [3.8, 4) is 5.75 Å². The summed E-state index contributed by atoms with van der Waals surface area (Å²) in [6, 6.07) is 13.1. The van der Waals surface area contributed by atoms with Crippen molar-refractivity contribution in [3.63, 3.8) is 0 Å². The number of carbonyl (C=O) groups is 1. The molecular weight excluding hydrogens is 510 g/mol. The summed E-state index contributed by atoms with van der Waals surface area (Å²) in [4.78, 5) is 17.0. The number of nitrogens with one attached hydrogen (secondary N) is 2. The van der Waals surface area contributed by atoms with E-state index in [1.807, 2.05) is 44.4 Å². The molecular formula is C29H41N7O2S. The van der Waals surface area contributed by atoms with Gasteiger partial charge in [0, 0.05) is 29.9 Å². The Balaban J connectivity index is 0.000000568. The summed E-state index contributed by atoms with van der Waals surface area (Å²) < 4.78 is 8.86. The second-order valence-corrected chi connectivity index (χ2v) is 10.8. The summed E-state index contributed by atoms with van der Waals surface area (Å²) in [5, 5.41) is 4.42. The van der Waals surface area contributed by atoms with Crippen LogP contribution in [0.3, 0.4) is 0 Å². The smallest absolute Gasteiger partial charge is 0.255 e. The second-order valence-electron chi connectivity index (χ2n) is 10.2. The number of nitrogens with zero attached hydrogens (tertiary/aromatic N) is 2. The number of nitrogens with two attached hydrogens (primary N) is 3. The van der Waals surface area contributed by atoms with Gasteiger partial charge in [0.25, 0.3) is 5.91 Å². The normalized spacial score (nSPS) is 11.3. The van der Waals surface area contributed by atoms with Crippen LogP contribution >= 0.6 is 11.9 Å². The van der Waals surface area contributed by atoms with Crippen molar-refractivity contribution < 1.29 is 9.53 Å². The number of hydrogen-bond donors (Lipinski definition) is 5. The Bertz CT molecular complexity index is 1280. The first-order valence-corrected chi connectivity index (χ1v) is 13.6. The van der Waals surface area contributed by atoms with Gasteiger partial charge in [0.05, 0.1) is 24.2 Å². The molecule has 1 amide bonds. The van der Waals surface area contributed by atoms with Crippen LogP contribution in [-0.4, -0.2) is 24.3 Å². The van der Waals surface area contributed by atoms with E-state index in [-0.39, 0.29) is 11.3 Å². The fraction of sp³-hybridized carbons (Fsp3) is 0.310. The molecule has 0 aliphatic heterocycles. The number of benzene rings is 2. The average Bonchev–Trinajstić information content (AvgIpc) is 2.85. The van der Waals surface area contributed by atoms with Gasteiger partial charge in [-0.05, 0) is 73.2 Å². The number of pyridine rings is 1. The first kappa shape index (κ1) is 31.3. The molecule has 9 nitrogen and oxygen atoms in total. The fourth-order valence-electron chi connectivity index (χ4n) is 3.55. The van der Waals surface area contributed by atoms with E-state index in [1.165, 1.54) is 17.0 Å². The molecule has 2 aromatic carbocycles. The topological polar surface area (TPSA) is 145 Å². The Morgan fingerprint density at radius 3 is 2.28 bits per heavy atom. The maximum absolute atomic E-state index is 13.1. The van der Waals surface area contributed by atoms with E-state index in [4.69, 9.17) is 22.0 Å². The molecule has 0 aliphatic carbocycles. The van der Waals surface area contributed by atoms with Crippen LogP contribution in [0.25, 0.3) is 0 Å². The summed E-state index contributed by atoms with van der Waals surface area (Å²) in [6.45, 7) is 12.0. The van der Waals surface area contributed by atoms with Crippen LogP contribution in [-0.2, 0) is 5.41 Å². The minimum Gasteiger partial charge on any atom is -0.492 e. The van der Waals surface area contributed by atoms with E-state index in [0.717, 1.165) is 22.4 Å². The molecule has 0 unspecified atom stereocenters. The van der Waals surface area contributed by atoms with E-state index in [1.54, 1.807) is 44.6 Å². The van der Waals surface area contributed by atoms with Crippen molar-refractivity contribution in [2.45, 2.75) is 47.0 Å². The van der Waals surface area contributed by atoms with Gasteiger partial charge in [-0.15, -0.1) is 0 Å². The monoisotopic (exact) mass is 551 g/mol. The van der Waals surface area contributed by atoms with Gasteiger partial charge < -0.3 is 26.2 Å². The van der Waals surface area contributed by atoms with Crippen LogP contribution in [0.15, 0.2) is 60.6 Å². The van der Waals surface area contributed by atoms with Crippen LogP contribution in [0.5, 0.6) is 5.75 Å². The number of rotatable bonds is 7. The Hall–Kier alpha value is -3.89. The molecule has 0 saturated carbocycles. The van der Waals surface area contributed by atoms with E-state index < -0.39 is 0 Å². The minimum absolute atomic E-state index is 0.107. The Kier molecular flexibility index (Phi) is 11.1. The van der Waals surface area contributed by atoms with E-state index in [9.17, 15) is 4.79 Å². The zero-order valence-corrected chi connectivity index (χ0v) is 24.9. The molecule has 1 heterocycles. The van der Waals surface area contributed by atoms with Crippen molar-refractivity contribution in [2.75, 3.05) is 34.1 Å². The van der Waals surface area contributed by atoms with E-state index >= 15 is 0 Å². The molecule has 0 fully saturated rings. The van der Waals surface area contributed by atoms with Gasteiger partial charge in [0.2, 0.25) is 0 Å². The Labute approximate surface area is 236 Å². The zero-order valence-electron chi connectivity index (χ0n) is 24.0. The van der Waals surface area contributed by atoms with Gasteiger partial charge in [0.1, 0.15) is 5.82 Å². The van der Waals surface area contributed by atoms with Crippen molar-refractivity contribution in [1.82, 2.24) is 4.98 Å². The molecule has 3 aromatic rings. The number of allylic oxidation sites excluding steroid dienone is 1. The molecule has 10 heteroatoms. The highest BCUT2D eigenvalue weighted by Crippen LogP contribution is 2.39. The lowest BCUT2D eigenvalue weighted by atomic mass is 9.86. The SMILES string of the molecule is COc1c(NSC)cc(C(C)(C)C)cc1NC(=O)c1ccc(C)c(N(N)/C=C(/C)N)c1.Cc1ccc(N)nc1. The number of methoxy groups -OCH3 is 1. The second kappa shape index (κ2) is 13.8. The number of nitrogen functional groups attached to an aromatic ring is 1. The fourth-order valence-corrected chi connectivity index (χ4v) is 3.92. The number of hydrogen-bond acceptors (Lipinski definition) is 9. The third-order valence-corrected chi connectivity index (χ3v) is 6.07. The number of amides is 1. The minimum atomic E-state index is -0.262. The van der Waals surface area contributed by atoms with Gasteiger partial charge in [-0.3, -0.25) is 9.80 Å². The Morgan fingerprint density at radius 1 is 1.10 bits per heavy atom. The van der Waals surface area contributed by atoms with E-state index in [0.29, 0.717) is 34.2 Å². The number of carbonyl (C=O) groups excluding carboxylic acids is 1. The predicted octanol–water partition coefficient (Wildman–Crippen LogP) is 5.72. The molecule has 1 aromatic heterocycles. The van der Waals surface area contributed by atoms with Crippen LogP contribution in [0.2, 0.25) is 0 Å². The lowest BCUT2D eigenvalue weighted by Gasteiger charge is -2.24. The highest BCUT2D eigenvalue weighted by molar-refractivity contribution is 7.99. The van der Waals surface area contributed by atoms with Gasteiger partial charge in [-0.25, -0.2) is 10.8 Å². The average molecular weight is 552 g/mol. The molecule has 0 spiro atoms. The van der Waals surface area contributed by atoms with Crippen molar-refractivity contribution in [1.29, 1.82) is 0 Å². The third kappa shape index (κ3) is 9.12. The van der Waals surface area contributed by atoms with Gasteiger partial charge in [-0.2, -0.15) is 0 Å². The molecule has 0 atom stereocenters. The van der Waals surface area contributed by atoms with Crippen LogP contribution in [0, 0.1) is 13.8 Å². The van der Waals surface area contributed by atoms with Crippen LogP contribution in [0.4, 0.5) is 22.9 Å². The molecule has 0 bridgehead atoms. The molecule has 0 radical (unpaired) electrons. The molecule has 8 N–H and O–H groups in total. The summed E-state index contributed by atoms with van der Waals surface area (Å²) in [7, 11) is 1.59. The lowest BCUT2D eigenvalue weighted by Crippen LogP contribution is -2.27. The summed E-state index contributed by atoms with van der Waals surface area (Å²) in [6.07, 6.45) is 5.29. The first-order chi connectivity index (χ1) is 18.3. The standard InChI is InChI=1S/C23H33N5O2S.C6H8N2/c1-14-8-9-16(10-20(14)28(25)13-15(2)24)22(29)26-18-11-17(23(3,4)5)12-19(27-31-7)21(18)30-6;1-5-2-3-6(7)8-4-5/h8-13,27H,24-25H2,1-7H3,(H,26,29);2-4H,1H3,(H2,7,8)/b15-13-;. The quantitative estimate of drug-likeness (QED) is 0.141. The number of aromatic nitrogens is 1. The van der Waals surface area contributed by atoms with Gasteiger partial charge in [-0.1, -0.05) is 44.9 Å². The van der Waals surface area contributed by atoms with Crippen molar-refractivity contribution >= 4 is 40.7 Å². The van der Waals surface area contributed by atoms with E-state index in [2.05, 4.69) is 35.8 Å². The molecule has 3 rings (SSSR count). The maximum atomic E-state index is 13.1. The Morgan fingerprint density at radius 2 is 1.77 bits per heavy atom. The summed E-state index contributed by atoms with van der Waals surface area (Å²) in [5.74, 6) is 6.99. The van der Waals surface area contributed by atoms with Gasteiger partial charge >= 0.3 is 0 Å². The van der Waals surface area contributed by atoms with Crippen molar-refractivity contribution in [2.24, 2.45) is 11.6 Å². The molecule has 210 valence electrons. The van der Waals surface area contributed by atoms with Gasteiger partial charge in [0.15, 0.2) is 5.75 Å². The van der Waals surface area contributed by atoms with Crippen LogP contribution < -0.4 is 37.1 Å². The highest BCUT2D eigenvalue weighted by Gasteiger charge is 2.21.